The number of hydrogen-bond acceptors (Lipinski definition) is 8. The van der Waals surface area contributed by atoms with Gasteiger partial charge in [-0.3, -0.25) is 9.69 Å². The molecular formula is C30H45BN4O6. The molecule has 2 amide bonds. The van der Waals surface area contributed by atoms with Gasteiger partial charge in [0.15, 0.2) is 0 Å². The Balaban J connectivity index is 0.00000462. The second-order valence-corrected chi connectivity index (χ2v) is 12.0. The van der Waals surface area contributed by atoms with Crippen LogP contribution < -0.4 is 5.32 Å². The molecule has 3 saturated heterocycles. The third-order valence-electron chi connectivity index (χ3n) is 8.50. The largest absolute Gasteiger partial charge is 0.475 e. The number of fused-ring (bicyclic) bond motifs is 2. The highest BCUT2D eigenvalue weighted by atomic mass is 16.6. The summed E-state index contributed by atoms with van der Waals surface area (Å²) in [4.78, 5) is 30.5. The summed E-state index contributed by atoms with van der Waals surface area (Å²) in [5.74, 6) is -1.28. The van der Waals surface area contributed by atoms with Crippen LogP contribution in [0.15, 0.2) is 42.0 Å². The Bertz CT molecular complexity index is 1120. The van der Waals surface area contributed by atoms with Gasteiger partial charge in [0, 0.05) is 24.7 Å². The number of carbonyl (C=O) groups excluding carboxylic acids is 2. The fourth-order valence-corrected chi connectivity index (χ4v) is 6.48. The quantitative estimate of drug-likeness (QED) is 0.235. The zero-order chi connectivity index (χ0) is 29.1. The number of nitrogens with one attached hydrogen (secondary N) is 1. The van der Waals surface area contributed by atoms with Gasteiger partial charge in [-0.2, -0.15) is 5.26 Å². The smallest absolute Gasteiger partial charge is 0.447 e. The van der Waals surface area contributed by atoms with Crippen molar-refractivity contribution in [1.82, 2.24) is 15.1 Å². The van der Waals surface area contributed by atoms with Gasteiger partial charge in [0.05, 0.1) is 23.7 Å². The Labute approximate surface area is 244 Å². The summed E-state index contributed by atoms with van der Waals surface area (Å²) >= 11 is 0. The van der Waals surface area contributed by atoms with E-state index in [1.807, 2.05) is 58.0 Å². The maximum Gasteiger partial charge on any atom is 0.475 e. The molecule has 0 aliphatic carbocycles. The van der Waals surface area contributed by atoms with Crippen molar-refractivity contribution < 1.29 is 29.1 Å². The summed E-state index contributed by atoms with van der Waals surface area (Å²) in [7, 11) is -1.77. The number of benzene rings is 1. The van der Waals surface area contributed by atoms with Gasteiger partial charge in [0.1, 0.15) is 18.2 Å². The van der Waals surface area contributed by atoms with Crippen LogP contribution in [-0.4, -0.2) is 93.9 Å². The average Bonchev–Trinajstić information content (AvgIpc) is 3.45. The summed E-state index contributed by atoms with van der Waals surface area (Å²) in [5.41, 5.74) is -0.293. The lowest BCUT2D eigenvalue weighted by atomic mass is 9.76. The minimum Gasteiger partial charge on any atom is -0.447 e. The summed E-state index contributed by atoms with van der Waals surface area (Å²) in [6.07, 6.45) is 4.22. The molecule has 3 heterocycles. The molecule has 224 valence electrons. The van der Waals surface area contributed by atoms with Crippen molar-refractivity contribution in [2.75, 3.05) is 19.7 Å². The van der Waals surface area contributed by atoms with Crippen molar-refractivity contribution in [2.24, 2.45) is 0 Å². The zero-order valence-corrected chi connectivity index (χ0v) is 23.9. The van der Waals surface area contributed by atoms with Crippen molar-refractivity contribution in [3.63, 3.8) is 0 Å². The molecule has 0 spiro atoms. The number of nitrogens with zero attached hydrogens (tertiary/aromatic N) is 3. The maximum atomic E-state index is 13.8. The topological polar surface area (TPSA) is 135 Å². The van der Waals surface area contributed by atoms with Gasteiger partial charge in [-0.25, -0.2) is 4.79 Å². The van der Waals surface area contributed by atoms with Crippen LogP contribution in [0.1, 0.15) is 66.4 Å². The number of ether oxygens (including phenoxy) is 2. The highest BCUT2D eigenvalue weighted by Crippen LogP contribution is 2.47. The molecule has 3 N–H and O–H groups in total. The van der Waals surface area contributed by atoms with Gasteiger partial charge >= 0.3 is 13.2 Å². The fourth-order valence-electron chi connectivity index (χ4n) is 6.48. The average molecular weight is 569 g/mol. The van der Waals surface area contributed by atoms with Crippen molar-refractivity contribution in [2.45, 2.75) is 102 Å². The van der Waals surface area contributed by atoms with Gasteiger partial charge < -0.3 is 29.7 Å². The van der Waals surface area contributed by atoms with Gasteiger partial charge in [-0.15, -0.1) is 0 Å². The number of carbonyl (C=O) groups is 2. The Kier molecular flexibility index (Phi) is 10.6. The molecule has 41 heavy (non-hydrogen) atoms. The molecule has 3 aliphatic rings. The zero-order valence-electron chi connectivity index (χ0n) is 23.9. The molecule has 1 aromatic carbocycles. The third kappa shape index (κ3) is 7.49. The molecule has 0 radical (unpaired) electrons. The SMILES string of the molecule is C.C[C@@H]1CN(C(C)(C)C=C(C#N)C(=O)N2C3CCC2(COC(=O)N[C@@H](Cc2ccccc2)B(O)O)CC3)C[C@@H](C)O1. The van der Waals surface area contributed by atoms with E-state index in [-0.39, 0.29) is 50.2 Å². The van der Waals surface area contributed by atoms with Gasteiger partial charge in [0.25, 0.3) is 5.91 Å². The lowest BCUT2D eigenvalue weighted by Crippen LogP contribution is -2.54. The van der Waals surface area contributed by atoms with Crippen LogP contribution in [0.3, 0.4) is 0 Å². The molecule has 3 aliphatic heterocycles. The van der Waals surface area contributed by atoms with Crippen LogP contribution in [0, 0.1) is 11.3 Å². The Morgan fingerprint density at radius 3 is 2.39 bits per heavy atom. The molecule has 4 rings (SSSR count). The fraction of sp³-hybridized carbons (Fsp3) is 0.633. The summed E-state index contributed by atoms with van der Waals surface area (Å²) < 4.78 is 11.4. The first-order valence-electron chi connectivity index (χ1n) is 14.1. The van der Waals surface area contributed by atoms with Gasteiger partial charge in [-0.1, -0.05) is 37.8 Å². The molecule has 10 nitrogen and oxygen atoms in total. The van der Waals surface area contributed by atoms with E-state index >= 15 is 0 Å². The number of nitriles is 1. The van der Waals surface area contributed by atoms with E-state index in [4.69, 9.17) is 9.47 Å². The molecule has 0 unspecified atom stereocenters. The van der Waals surface area contributed by atoms with E-state index in [2.05, 4.69) is 16.3 Å². The molecule has 1 aromatic rings. The maximum absolute atomic E-state index is 13.8. The van der Waals surface area contributed by atoms with Crippen LogP contribution >= 0.6 is 0 Å². The van der Waals surface area contributed by atoms with Crippen molar-refractivity contribution in [3.8, 4) is 6.07 Å². The molecule has 3 fully saturated rings. The normalized spacial score (nSPS) is 27.0. The predicted octanol–water partition coefficient (Wildman–Crippen LogP) is 2.83. The first-order chi connectivity index (χ1) is 18.9. The Morgan fingerprint density at radius 2 is 1.83 bits per heavy atom. The second kappa shape index (κ2) is 13.4. The van der Waals surface area contributed by atoms with Crippen LogP contribution in [-0.2, 0) is 20.7 Å². The summed E-state index contributed by atoms with van der Waals surface area (Å²) in [6.45, 7) is 9.43. The molecule has 11 heteroatoms. The molecular weight excluding hydrogens is 523 g/mol. The standard InChI is InChI=1S/C29H41BN4O6.CH4/c1-20-17-33(18-21(2)40-20)28(3,4)15-23(16-31)26(35)34-24-10-12-29(34,13-11-24)19-39-27(36)32-25(30(37)38)14-22-8-6-5-7-9-22;/h5-9,15,20-21,24-25,37-38H,10-14,17-19H2,1-4H3,(H,32,36);1H4/t20-,21-,24?,25+,29?;/m1./s1. The summed E-state index contributed by atoms with van der Waals surface area (Å²) in [6, 6.07) is 11.3. The van der Waals surface area contributed by atoms with Crippen LogP contribution in [0.5, 0.6) is 0 Å². The molecule has 0 aromatic heterocycles. The highest BCUT2D eigenvalue weighted by Gasteiger charge is 2.55. The monoisotopic (exact) mass is 568 g/mol. The van der Waals surface area contributed by atoms with E-state index in [9.17, 15) is 24.9 Å². The minimum atomic E-state index is -1.77. The first-order valence-corrected chi connectivity index (χ1v) is 14.1. The summed E-state index contributed by atoms with van der Waals surface area (Å²) in [5, 5.41) is 32.2. The van der Waals surface area contributed by atoms with Crippen molar-refractivity contribution in [3.05, 3.63) is 47.5 Å². The molecule has 2 bridgehead atoms. The predicted molar refractivity (Wildman–Crippen MR) is 157 cm³/mol. The Hall–Kier alpha value is -2.91. The van der Waals surface area contributed by atoms with Crippen molar-refractivity contribution in [1.29, 1.82) is 5.26 Å². The van der Waals surface area contributed by atoms with Crippen LogP contribution in [0.25, 0.3) is 0 Å². The lowest BCUT2D eigenvalue weighted by molar-refractivity contribution is -0.132. The highest BCUT2D eigenvalue weighted by molar-refractivity contribution is 6.43. The second-order valence-electron chi connectivity index (χ2n) is 12.0. The van der Waals surface area contributed by atoms with E-state index in [0.29, 0.717) is 25.9 Å². The number of amides is 2. The van der Waals surface area contributed by atoms with E-state index in [1.54, 1.807) is 11.0 Å². The Morgan fingerprint density at radius 1 is 1.22 bits per heavy atom. The molecule has 3 atom stereocenters. The number of rotatable bonds is 9. The molecule has 0 saturated carbocycles. The van der Waals surface area contributed by atoms with E-state index in [0.717, 1.165) is 18.4 Å². The van der Waals surface area contributed by atoms with E-state index < -0.39 is 30.2 Å². The van der Waals surface area contributed by atoms with Crippen LogP contribution in [0.4, 0.5) is 4.79 Å². The third-order valence-corrected chi connectivity index (χ3v) is 8.50. The first kappa shape index (κ1) is 32.6. The number of morpholine rings is 1. The van der Waals surface area contributed by atoms with Gasteiger partial charge in [-0.05, 0) is 71.4 Å². The number of alkyl carbamates (subject to hydrolysis) is 1. The minimum absolute atomic E-state index is 0. The van der Waals surface area contributed by atoms with E-state index in [1.165, 1.54) is 0 Å². The number of hydrogen-bond donors (Lipinski definition) is 3. The van der Waals surface area contributed by atoms with Gasteiger partial charge in [0.2, 0.25) is 0 Å². The lowest BCUT2D eigenvalue weighted by Gasteiger charge is -2.44. The van der Waals surface area contributed by atoms with Crippen molar-refractivity contribution >= 4 is 19.1 Å². The van der Waals surface area contributed by atoms with Crippen LogP contribution in [0.2, 0.25) is 0 Å².